The van der Waals surface area contributed by atoms with Crippen LogP contribution in [0.25, 0.3) is 22.5 Å². The third-order valence-corrected chi connectivity index (χ3v) is 8.61. The van der Waals surface area contributed by atoms with Gasteiger partial charge in [-0.15, -0.1) is 5.10 Å². The number of methoxy groups -OCH3 is 1. The average Bonchev–Trinajstić information content (AvgIpc) is 3.74. The van der Waals surface area contributed by atoms with E-state index in [0.29, 0.717) is 53.8 Å². The first-order valence-corrected chi connectivity index (χ1v) is 15.0. The summed E-state index contributed by atoms with van der Waals surface area (Å²) in [7, 11) is 1.60. The van der Waals surface area contributed by atoms with Crippen LogP contribution in [0.4, 0.5) is 13.2 Å². The van der Waals surface area contributed by atoms with Crippen LogP contribution < -0.4 is 4.74 Å². The summed E-state index contributed by atoms with van der Waals surface area (Å²) >= 11 is 0. The number of hydrogen-bond acceptors (Lipinski definition) is 6. The standard InChI is InChI=1S/C33H35F3N6O2/c1-22-18-28(24-6-5-7-25(19-24)33(34,35)36)31(29-21-42(39-38-29)20-23-8-10-27(44-2)11-9-23)37-30(22)32(43)41-16-12-26(13-17-41)40-14-3-4-15-40/h5-11,18-19,21,26H,3-4,12-17,20H2,1-2H3. The summed E-state index contributed by atoms with van der Waals surface area (Å²) in [5, 5.41) is 8.61. The Morgan fingerprint density at radius 2 is 1.73 bits per heavy atom. The Bertz CT molecular complexity index is 1620. The van der Waals surface area contributed by atoms with Crippen LogP contribution in [0.15, 0.2) is 60.8 Å². The molecular weight excluding hydrogens is 569 g/mol. The van der Waals surface area contributed by atoms with Crippen LogP contribution in [0.1, 0.15) is 52.9 Å². The second-order valence-electron chi connectivity index (χ2n) is 11.5. The van der Waals surface area contributed by atoms with Gasteiger partial charge in [0.25, 0.3) is 5.91 Å². The molecule has 0 atom stereocenters. The number of aryl methyl sites for hydroxylation is 1. The number of pyridine rings is 1. The fourth-order valence-corrected chi connectivity index (χ4v) is 6.20. The number of amides is 1. The number of carbonyl (C=O) groups is 1. The predicted molar refractivity (Wildman–Crippen MR) is 160 cm³/mol. The molecule has 6 rings (SSSR count). The fourth-order valence-electron chi connectivity index (χ4n) is 6.20. The molecule has 0 N–H and O–H groups in total. The van der Waals surface area contributed by atoms with E-state index >= 15 is 0 Å². The highest BCUT2D eigenvalue weighted by molar-refractivity contribution is 5.96. The van der Waals surface area contributed by atoms with Crippen LogP contribution in [0.5, 0.6) is 5.75 Å². The molecule has 2 aromatic heterocycles. The first kappa shape index (κ1) is 29.8. The Hall–Kier alpha value is -4.25. The molecule has 2 aliphatic rings. The van der Waals surface area contributed by atoms with Crippen molar-refractivity contribution in [1.82, 2.24) is 29.8 Å². The zero-order valence-corrected chi connectivity index (χ0v) is 24.8. The summed E-state index contributed by atoms with van der Waals surface area (Å²) in [4.78, 5) is 23.0. The van der Waals surface area contributed by atoms with Crippen LogP contribution in [-0.2, 0) is 12.7 Å². The second-order valence-corrected chi connectivity index (χ2v) is 11.5. The predicted octanol–water partition coefficient (Wildman–Crippen LogP) is 6.09. The van der Waals surface area contributed by atoms with E-state index in [4.69, 9.17) is 9.72 Å². The highest BCUT2D eigenvalue weighted by Gasteiger charge is 2.32. The fraction of sp³-hybridized carbons (Fsp3) is 0.394. The minimum Gasteiger partial charge on any atom is -0.497 e. The Balaban J connectivity index is 1.33. The van der Waals surface area contributed by atoms with E-state index in [1.165, 1.54) is 18.9 Å². The van der Waals surface area contributed by atoms with Gasteiger partial charge in [-0.1, -0.05) is 29.5 Å². The quantitative estimate of drug-likeness (QED) is 0.254. The first-order chi connectivity index (χ1) is 21.2. The number of halogens is 3. The maximum Gasteiger partial charge on any atom is 0.416 e. The number of alkyl halides is 3. The molecule has 2 saturated heterocycles. The van der Waals surface area contributed by atoms with E-state index in [1.807, 2.05) is 29.2 Å². The smallest absolute Gasteiger partial charge is 0.416 e. The lowest BCUT2D eigenvalue weighted by atomic mass is 9.97. The van der Waals surface area contributed by atoms with Gasteiger partial charge in [0.2, 0.25) is 0 Å². The summed E-state index contributed by atoms with van der Waals surface area (Å²) in [6.45, 7) is 5.73. The number of ether oxygens (including phenoxy) is 1. The molecule has 4 aromatic rings. The van der Waals surface area contributed by atoms with Gasteiger partial charge in [0.15, 0.2) is 0 Å². The molecule has 2 fully saturated rings. The number of carbonyl (C=O) groups excluding carboxylic acids is 1. The molecular formula is C33H35F3N6O2. The van der Waals surface area contributed by atoms with Crippen molar-refractivity contribution in [3.63, 3.8) is 0 Å². The normalized spacial score (nSPS) is 16.4. The van der Waals surface area contributed by atoms with Crippen molar-refractivity contribution in [3.05, 3.63) is 83.2 Å². The lowest BCUT2D eigenvalue weighted by molar-refractivity contribution is -0.137. The summed E-state index contributed by atoms with van der Waals surface area (Å²) in [6.07, 6.45) is 1.49. The second kappa shape index (κ2) is 12.4. The molecule has 11 heteroatoms. The summed E-state index contributed by atoms with van der Waals surface area (Å²) < 4.78 is 47.8. The molecule has 230 valence electrons. The largest absolute Gasteiger partial charge is 0.497 e. The zero-order valence-electron chi connectivity index (χ0n) is 24.8. The molecule has 0 saturated carbocycles. The number of piperidine rings is 1. The molecule has 0 aliphatic carbocycles. The molecule has 0 spiro atoms. The van der Waals surface area contributed by atoms with E-state index in [1.54, 1.807) is 37.0 Å². The molecule has 8 nitrogen and oxygen atoms in total. The van der Waals surface area contributed by atoms with Gasteiger partial charge in [0.05, 0.1) is 25.4 Å². The van der Waals surface area contributed by atoms with Crippen molar-refractivity contribution in [3.8, 4) is 28.3 Å². The highest BCUT2D eigenvalue weighted by Crippen LogP contribution is 2.36. The van der Waals surface area contributed by atoms with Gasteiger partial charge < -0.3 is 14.5 Å². The number of rotatable bonds is 7. The number of benzene rings is 2. The van der Waals surface area contributed by atoms with Gasteiger partial charge in [0.1, 0.15) is 22.8 Å². The molecule has 2 aliphatic heterocycles. The van der Waals surface area contributed by atoms with Crippen molar-refractivity contribution >= 4 is 5.91 Å². The Morgan fingerprint density at radius 3 is 2.41 bits per heavy atom. The van der Waals surface area contributed by atoms with E-state index in [0.717, 1.165) is 49.4 Å². The van der Waals surface area contributed by atoms with Crippen LogP contribution in [-0.4, -0.2) is 75.0 Å². The maximum atomic E-state index is 13.8. The van der Waals surface area contributed by atoms with E-state index in [-0.39, 0.29) is 11.6 Å². The summed E-state index contributed by atoms with van der Waals surface area (Å²) in [5.74, 6) is 0.560. The number of nitrogens with zero attached hydrogens (tertiary/aromatic N) is 6. The molecule has 1 amide bonds. The van der Waals surface area contributed by atoms with Crippen LogP contribution in [0.2, 0.25) is 0 Å². The Kier molecular flexibility index (Phi) is 8.40. The topological polar surface area (TPSA) is 76.4 Å². The summed E-state index contributed by atoms with van der Waals surface area (Å²) in [5.41, 5.74) is 2.54. The van der Waals surface area contributed by atoms with Crippen molar-refractivity contribution < 1.29 is 22.7 Å². The van der Waals surface area contributed by atoms with Crippen molar-refractivity contribution in [1.29, 1.82) is 0 Å². The van der Waals surface area contributed by atoms with Gasteiger partial charge >= 0.3 is 6.18 Å². The maximum absolute atomic E-state index is 13.8. The van der Waals surface area contributed by atoms with Crippen molar-refractivity contribution in [2.45, 2.75) is 51.4 Å². The monoisotopic (exact) mass is 604 g/mol. The third-order valence-electron chi connectivity index (χ3n) is 8.61. The van der Waals surface area contributed by atoms with Gasteiger partial charge in [0, 0.05) is 24.7 Å². The lowest BCUT2D eigenvalue weighted by Crippen LogP contribution is -2.46. The van der Waals surface area contributed by atoms with Crippen LogP contribution >= 0.6 is 0 Å². The number of likely N-dealkylation sites (tertiary alicyclic amines) is 2. The highest BCUT2D eigenvalue weighted by atomic mass is 19.4. The zero-order chi connectivity index (χ0) is 30.8. The van der Waals surface area contributed by atoms with Crippen LogP contribution in [0.3, 0.4) is 0 Å². The van der Waals surface area contributed by atoms with Crippen LogP contribution in [0, 0.1) is 6.92 Å². The molecule has 4 heterocycles. The van der Waals surface area contributed by atoms with E-state index in [2.05, 4.69) is 15.2 Å². The molecule has 2 aromatic carbocycles. The summed E-state index contributed by atoms with van der Waals surface area (Å²) in [6, 6.07) is 14.9. The van der Waals surface area contributed by atoms with E-state index < -0.39 is 11.7 Å². The Morgan fingerprint density at radius 1 is 1.00 bits per heavy atom. The lowest BCUT2D eigenvalue weighted by Gasteiger charge is -2.36. The molecule has 0 unspecified atom stereocenters. The SMILES string of the molecule is COc1ccc(Cn2cc(-c3nc(C(=O)N4CCC(N5CCCC5)CC4)c(C)cc3-c3cccc(C(F)(F)F)c3)nn2)cc1. The van der Waals surface area contributed by atoms with E-state index in [9.17, 15) is 18.0 Å². The minimum absolute atomic E-state index is 0.176. The minimum atomic E-state index is -4.50. The van der Waals surface area contributed by atoms with Crippen molar-refractivity contribution in [2.75, 3.05) is 33.3 Å². The molecule has 0 bridgehead atoms. The third kappa shape index (κ3) is 6.33. The molecule has 0 radical (unpaired) electrons. The first-order valence-electron chi connectivity index (χ1n) is 15.0. The van der Waals surface area contributed by atoms with Crippen molar-refractivity contribution in [2.24, 2.45) is 0 Å². The number of aromatic nitrogens is 4. The van der Waals surface area contributed by atoms with Gasteiger partial charge in [-0.2, -0.15) is 13.2 Å². The van der Waals surface area contributed by atoms with Gasteiger partial charge in [-0.05, 0) is 92.7 Å². The molecule has 44 heavy (non-hydrogen) atoms. The van der Waals surface area contributed by atoms with Gasteiger partial charge in [-0.3, -0.25) is 4.79 Å². The number of hydrogen-bond donors (Lipinski definition) is 0. The average molecular weight is 605 g/mol. The van der Waals surface area contributed by atoms with Gasteiger partial charge in [-0.25, -0.2) is 9.67 Å². The Labute approximate surface area is 254 Å².